The zero-order valence-corrected chi connectivity index (χ0v) is 17.3. The summed E-state index contributed by atoms with van der Waals surface area (Å²) in [6, 6.07) is 16.2. The smallest absolute Gasteiger partial charge is 0.243 e. The van der Waals surface area contributed by atoms with Crippen LogP contribution >= 0.6 is 0 Å². The largest absolute Gasteiger partial charge is 0.306 e. The van der Waals surface area contributed by atoms with Crippen molar-refractivity contribution in [3.63, 3.8) is 0 Å². The minimum absolute atomic E-state index is 0.117. The minimum atomic E-state index is -3.59. The Balaban J connectivity index is 1.68. The summed E-state index contributed by atoms with van der Waals surface area (Å²) >= 11 is 0. The molecule has 1 saturated heterocycles. The molecule has 0 aliphatic carbocycles. The van der Waals surface area contributed by atoms with Crippen LogP contribution in [0.25, 0.3) is 0 Å². The fraction of sp³-hybridized carbons (Fsp3) is 0.409. The summed E-state index contributed by atoms with van der Waals surface area (Å²) in [5.41, 5.74) is 1.51. The van der Waals surface area contributed by atoms with Crippen molar-refractivity contribution in [3.8, 4) is 0 Å². The summed E-state index contributed by atoms with van der Waals surface area (Å²) in [4.78, 5) is 12.7. The average molecular weight is 401 g/mol. The number of Topliss-reactive ketones (excluding diaryl/α,β-unsaturated/α-hetero) is 1. The molecule has 5 nitrogen and oxygen atoms in total. The second-order valence-corrected chi connectivity index (χ2v) is 9.75. The molecule has 0 aromatic heterocycles. The highest BCUT2D eigenvalue weighted by Gasteiger charge is 2.31. The van der Waals surface area contributed by atoms with E-state index in [1.54, 1.807) is 22.5 Å². The van der Waals surface area contributed by atoms with Crippen LogP contribution in [0.5, 0.6) is 0 Å². The van der Waals surface area contributed by atoms with Crippen LogP contribution < -0.4 is 5.32 Å². The van der Waals surface area contributed by atoms with Gasteiger partial charge < -0.3 is 5.32 Å². The summed E-state index contributed by atoms with van der Waals surface area (Å²) in [7, 11) is -3.59. The maximum Gasteiger partial charge on any atom is 0.243 e. The number of sulfonamides is 1. The van der Waals surface area contributed by atoms with E-state index in [1.807, 2.05) is 30.3 Å². The van der Waals surface area contributed by atoms with Crippen LogP contribution in [0.1, 0.15) is 36.2 Å². The quantitative estimate of drug-likeness (QED) is 0.724. The zero-order valence-electron chi connectivity index (χ0n) is 16.5. The van der Waals surface area contributed by atoms with Gasteiger partial charge in [-0.25, -0.2) is 8.42 Å². The number of hydrogen-bond acceptors (Lipinski definition) is 4. The Labute approximate surface area is 167 Å². The molecule has 0 radical (unpaired) electrons. The molecule has 6 heteroatoms. The summed E-state index contributed by atoms with van der Waals surface area (Å²) in [5.74, 6) is 0.560. The summed E-state index contributed by atoms with van der Waals surface area (Å²) in [6.07, 6.45) is 1.04. The molecule has 2 atom stereocenters. The third-order valence-electron chi connectivity index (χ3n) is 5.09. The minimum Gasteiger partial charge on any atom is -0.306 e. The summed E-state index contributed by atoms with van der Waals surface area (Å²) in [6.45, 7) is 5.98. The van der Waals surface area contributed by atoms with Crippen LogP contribution in [-0.4, -0.2) is 38.1 Å². The molecule has 2 aromatic carbocycles. The van der Waals surface area contributed by atoms with Gasteiger partial charge in [0.15, 0.2) is 5.78 Å². The van der Waals surface area contributed by atoms with Gasteiger partial charge in [0.1, 0.15) is 0 Å². The number of carbonyl (C=O) groups excluding carboxylic acids is 1. The van der Waals surface area contributed by atoms with Gasteiger partial charge in [-0.1, -0.05) is 56.3 Å². The van der Waals surface area contributed by atoms with E-state index in [0.29, 0.717) is 37.0 Å². The second-order valence-electron chi connectivity index (χ2n) is 7.81. The van der Waals surface area contributed by atoms with Gasteiger partial charge in [-0.3, -0.25) is 4.79 Å². The van der Waals surface area contributed by atoms with E-state index in [-0.39, 0.29) is 17.2 Å². The number of benzene rings is 2. The third kappa shape index (κ3) is 5.07. The monoisotopic (exact) mass is 400 g/mol. The Hall–Kier alpha value is -2.02. The molecule has 2 unspecified atom stereocenters. The lowest BCUT2D eigenvalue weighted by Gasteiger charge is -2.34. The number of piperidine rings is 1. The van der Waals surface area contributed by atoms with Crippen molar-refractivity contribution < 1.29 is 13.2 Å². The summed E-state index contributed by atoms with van der Waals surface area (Å²) in [5, 5.41) is 3.12. The van der Waals surface area contributed by atoms with Crippen molar-refractivity contribution >= 4 is 15.8 Å². The predicted octanol–water partition coefficient (Wildman–Crippen LogP) is 3.33. The van der Waals surface area contributed by atoms with Crippen molar-refractivity contribution in [2.24, 2.45) is 11.8 Å². The normalized spacial score (nSPS) is 20.8. The Morgan fingerprint density at radius 3 is 2.39 bits per heavy atom. The molecule has 0 saturated carbocycles. The number of hydrogen-bond donors (Lipinski definition) is 1. The van der Waals surface area contributed by atoms with Crippen LogP contribution in [0.4, 0.5) is 0 Å². The molecule has 0 amide bonds. The van der Waals surface area contributed by atoms with Crippen LogP contribution in [0.2, 0.25) is 0 Å². The molecular weight excluding hydrogens is 372 g/mol. The molecule has 28 heavy (non-hydrogen) atoms. The first-order valence-corrected chi connectivity index (χ1v) is 11.2. The molecular formula is C22H28N2O3S. The van der Waals surface area contributed by atoms with E-state index in [9.17, 15) is 13.2 Å². The fourth-order valence-corrected chi connectivity index (χ4v) is 5.53. The zero-order chi connectivity index (χ0) is 20.1. The molecule has 1 heterocycles. The van der Waals surface area contributed by atoms with Crippen LogP contribution in [0, 0.1) is 11.8 Å². The topological polar surface area (TPSA) is 66.5 Å². The number of rotatable bonds is 7. The van der Waals surface area contributed by atoms with E-state index < -0.39 is 10.0 Å². The Bertz CT molecular complexity index is 902. The lowest BCUT2D eigenvalue weighted by Crippen LogP contribution is -2.42. The molecule has 3 rings (SSSR count). The molecule has 1 N–H and O–H groups in total. The van der Waals surface area contributed by atoms with E-state index in [1.165, 1.54) is 6.07 Å². The standard InChI is InChI=1S/C22H28N2O3S/c1-17-11-18(2)16-24(15-17)28(26,27)21-10-6-9-20(12-21)22(25)14-23-13-19-7-4-3-5-8-19/h3-10,12,17-18,23H,11,13-16H2,1-2H3. The summed E-state index contributed by atoms with van der Waals surface area (Å²) < 4.78 is 27.7. The average Bonchev–Trinajstić information content (AvgIpc) is 2.68. The van der Waals surface area contributed by atoms with Crippen LogP contribution in [-0.2, 0) is 16.6 Å². The Morgan fingerprint density at radius 2 is 1.71 bits per heavy atom. The van der Waals surface area contributed by atoms with Gasteiger partial charge in [0.05, 0.1) is 11.4 Å². The highest BCUT2D eigenvalue weighted by Crippen LogP contribution is 2.27. The second kappa shape index (κ2) is 8.99. The van der Waals surface area contributed by atoms with Gasteiger partial charge in [0, 0.05) is 25.2 Å². The first-order valence-electron chi connectivity index (χ1n) is 9.74. The van der Waals surface area contributed by atoms with Crippen molar-refractivity contribution in [2.45, 2.75) is 31.7 Å². The van der Waals surface area contributed by atoms with Crippen molar-refractivity contribution in [1.29, 1.82) is 0 Å². The lowest BCUT2D eigenvalue weighted by molar-refractivity contribution is 0.0990. The maximum absolute atomic E-state index is 13.1. The van der Waals surface area contributed by atoms with Crippen molar-refractivity contribution in [2.75, 3.05) is 19.6 Å². The molecule has 1 aliphatic heterocycles. The van der Waals surface area contributed by atoms with Crippen LogP contribution in [0.3, 0.4) is 0 Å². The lowest BCUT2D eigenvalue weighted by atomic mass is 9.94. The molecule has 0 bridgehead atoms. The van der Waals surface area contributed by atoms with Gasteiger partial charge in [-0.15, -0.1) is 0 Å². The van der Waals surface area contributed by atoms with Gasteiger partial charge in [-0.05, 0) is 36.0 Å². The third-order valence-corrected chi connectivity index (χ3v) is 6.91. The number of carbonyl (C=O) groups is 1. The van der Waals surface area contributed by atoms with Crippen molar-refractivity contribution in [1.82, 2.24) is 9.62 Å². The molecule has 1 fully saturated rings. The van der Waals surface area contributed by atoms with E-state index >= 15 is 0 Å². The van der Waals surface area contributed by atoms with Gasteiger partial charge in [0.25, 0.3) is 0 Å². The molecule has 1 aliphatic rings. The highest BCUT2D eigenvalue weighted by molar-refractivity contribution is 7.89. The van der Waals surface area contributed by atoms with E-state index in [2.05, 4.69) is 19.2 Å². The first kappa shape index (κ1) is 20.7. The predicted molar refractivity (Wildman–Crippen MR) is 111 cm³/mol. The maximum atomic E-state index is 13.1. The van der Waals surface area contributed by atoms with Gasteiger partial charge in [0.2, 0.25) is 10.0 Å². The molecule has 0 spiro atoms. The Kier molecular flexibility index (Phi) is 6.65. The molecule has 150 valence electrons. The number of nitrogens with one attached hydrogen (secondary N) is 1. The van der Waals surface area contributed by atoms with Gasteiger partial charge in [-0.2, -0.15) is 4.31 Å². The fourth-order valence-electron chi connectivity index (χ4n) is 3.80. The van der Waals surface area contributed by atoms with Crippen molar-refractivity contribution in [3.05, 3.63) is 65.7 Å². The first-order chi connectivity index (χ1) is 13.4. The van der Waals surface area contributed by atoms with E-state index in [4.69, 9.17) is 0 Å². The number of nitrogens with zero attached hydrogens (tertiary/aromatic N) is 1. The van der Waals surface area contributed by atoms with Crippen LogP contribution in [0.15, 0.2) is 59.5 Å². The highest BCUT2D eigenvalue weighted by atomic mass is 32.2. The SMILES string of the molecule is CC1CC(C)CN(S(=O)(=O)c2cccc(C(=O)CNCc3ccccc3)c2)C1. The number of ketones is 1. The van der Waals surface area contributed by atoms with Gasteiger partial charge >= 0.3 is 0 Å². The molecule has 2 aromatic rings. The Morgan fingerprint density at radius 1 is 1.04 bits per heavy atom. The van der Waals surface area contributed by atoms with E-state index in [0.717, 1.165) is 12.0 Å².